The second-order valence-electron chi connectivity index (χ2n) is 7.60. The van der Waals surface area contributed by atoms with Gasteiger partial charge in [-0.1, -0.05) is 36.9 Å². The van der Waals surface area contributed by atoms with Gasteiger partial charge >= 0.3 is 6.15 Å². The first-order valence-corrected chi connectivity index (χ1v) is 12.1. The number of rotatable bonds is 10. The van der Waals surface area contributed by atoms with Gasteiger partial charge in [-0.25, -0.2) is 4.99 Å². The minimum atomic E-state index is -0.0966. The van der Waals surface area contributed by atoms with Crippen molar-refractivity contribution >= 4 is 33.6 Å². The summed E-state index contributed by atoms with van der Waals surface area (Å²) in [5.74, 6) is 2.31. The molecule has 0 amide bonds. The highest BCUT2D eigenvalue weighted by molar-refractivity contribution is 9.11. The summed E-state index contributed by atoms with van der Waals surface area (Å²) in [5.41, 5.74) is 3.48. The van der Waals surface area contributed by atoms with E-state index in [0.717, 1.165) is 34.9 Å². The minimum absolute atomic E-state index is 0.0279. The lowest BCUT2D eigenvalue weighted by Crippen LogP contribution is -2.29. The van der Waals surface area contributed by atoms with E-state index in [1.165, 1.54) is 11.1 Å². The number of anilines is 1. The van der Waals surface area contributed by atoms with Gasteiger partial charge in [-0.2, -0.15) is 9.59 Å². The maximum atomic E-state index is 9.17. The molecule has 0 aromatic heterocycles. The number of likely N-dealkylation sites (N-methyl/N-ethyl adjacent to an activating group) is 1. The molecule has 0 aliphatic carbocycles. The number of para-hydroxylation sites is 1. The van der Waals surface area contributed by atoms with E-state index in [1.807, 2.05) is 57.3 Å². The van der Waals surface area contributed by atoms with Crippen molar-refractivity contribution < 1.29 is 19.4 Å². The summed E-state index contributed by atoms with van der Waals surface area (Å²) in [6, 6.07) is 15.9. The zero-order valence-corrected chi connectivity index (χ0v) is 23.2. The fourth-order valence-corrected chi connectivity index (χ4v) is 2.74. The van der Waals surface area contributed by atoms with Gasteiger partial charge in [0.2, 0.25) is 0 Å². The lowest BCUT2D eigenvalue weighted by molar-refractivity contribution is -0.191. The van der Waals surface area contributed by atoms with Gasteiger partial charge in [0.15, 0.2) is 0 Å². The molecule has 0 heterocycles. The van der Waals surface area contributed by atoms with E-state index < -0.39 is 0 Å². The van der Waals surface area contributed by atoms with Crippen LogP contribution in [0, 0.1) is 13.8 Å². The van der Waals surface area contributed by atoms with E-state index >= 15 is 0 Å². The van der Waals surface area contributed by atoms with Crippen molar-refractivity contribution in [1.29, 1.82) is 0 Å². The minimum Gasteiger partial charge on any atom is -0.492 e. The van der Waals surface area contributed by atoms with Gasteiger partial charge in [0.25, 0.3) is 0 Å². The van der Waals surface area contributed by atoms with Gasteiger partial charge < -0.3 is 25.8 Å². The smallest absolute Gasteiger partial charge is 0.373 e. The number of hydrogen-bond donors (Lipinski definition) is 4. The van der Waals surface area contributed by atoms with Crippen LogP contribution in [-0.4, -0.2) is 49.9 Å². The maximum Gasteiger partial charge on any atom is 0.373 e. The normalized spacial score (nSPS) is 11.8. The Morgan fingerprint density at radius 3 is 2.36 bits per heavy atom. The third kappa shape index (κ3) is 14.9. The number of nitrogens with zero attached hydrogens (tertiary/aromatic N) is 1. The molecular formula is C27H37BrN4O4. The molecular weight excluding hydrogens is 524 g/mol. The zero-order valence-electron chi connectivity index (χ0n) is 21.6. The van der Waals surface area contributed by atoms with E-state index in [0.29, 0.717) is 5.82 Å². The third-order valence-electron chi connectivity index (χ3n) is 4.54. The number of aliphatic hydroxyl groups excluding tert-OH is 1. The van der Waals surface area contributed by atoms with Crippen LogP contribution in [0.3, 0.4) is 0 Å². The number of aliphatic hydroxyl groups is 1. The van der Waals surface area contributed by atoms with E-state index in [9.17, 15) is 5.11 Å². The summed E-state index contributed by atoms with van der Waals surface area (Å²) in [6.45, 7) is 13.3. The average Bonchev–Trinajstić information content (AvgIpc) is 2.87. The second kappa shape index (κ2) is 20.0. The fourth-order valence-electron chi connectivity index (χ4n) is 2.54. The van der Waals surface area contributed by atoms with Crippen LogP contribution in [0.2, 0.25) is 0 Å². The Labute approximate surface area is 222 Å². The molecule has 0 saturated heterocycles. The number of hydrogen-bond acceptors (Lipinski definition) is 7. The third-order valence-corrected chi connectivity index (χ3v) is 5.24. The Hall–Kier alpha value is -3.23. The maximum absolute atomic E-state index is 9.17. The summed E-state index contributed by atoms with van der Waals surface area (Å²) in [7, 11) is 1.91. The highest BCUT2D eigenvalue weighted by atomic mass is 79.9. The number of carbonyl (C=O) groups excluding carboxylic acids is 2. The Balaban J connectivity index is 0.000000725. The molecule has 1 atom stereocenters. The topological polar surface area (TPSA) is 112 Å². The lowest BCUT2D eigenvalue weighted by Gasteiger charge is -2.15. The van der Waals surface area contributed by atoms with Gasteiger partial charge in [-0.05, 0) is 86.1 Å². The van der Waals surface area contributed by atoms with Gasteiger partial charge in [0.05, 0.1) is 11.1 Å². The first kappa shape index (κ1) is 32.8. The first-order chi connectivity index (χ1) is 17.2. The van der Waals surface area contributed by atoms with Crippen molar-refractivity contribution in [2.45, 2.75) is 33.7 Å². The van der Waals surface area contributed by atoms with Crippen molar-refractivity contribution in [2.75, 3.05) is 32.1 Å². The van der Waals surface area contributed by atoms with E-state index in [2.05, 4.69) is 69.4 Å². The van der Waals surface area contributed by atoms with Crippen LogP contribution in [0.25, 0.3) is 0 Å². The lowest BCUT2D eigenvalue weighted by atomic mass is 10.1. The molecule has 0 radical (unpaired) electrons. The summed E-state index contributed by atoms with van der Waals surface area (Å²) in [4.78, 5) is 20.8. The number of benzene rings is 2. The molecule has 2 rings (SSSR count). The Bertz CT molecular complexity index is 1000. The Kier molecular flexibility index (Phi) is 18.2. The number of aryl methyl sites for hydroxylation is 2. The van der Waals surface area contributed by atoms with Crippen LogP contribution < -0.4 is 20.7 Å². The summed E-state index contributed by atoms with van der Waals surface area (Å²) < 4.78 is 6.13. The molecule has 2 aromatic carbocycles. The molecule has 0 bridgehead atoms. The molecule has 0 saturated carbocycles. The Morgan fingerprint density at radius 1 is 1.19 bits per heavy atom. The zero-order chi connectivity index (χ0) is 27.3. The SMILES string of the molecule is C=C/C(Br)=C(\N=C(/C)Nc1ccc(C)c(C)c1)NC(C)CO.CNCCOc1ccccc1.O=C=O. The van der Waals surface area contributed by atoms with E-state index in [1.54, 1.807) is 6.08 Å². The molecule has 2 aromatic rings. The van der Waals surface area contributed by atoms with E-state index in [4.69, 9.17) is 14.3 Å². The van der Waals surface area contributed by atoms with Crippen LogP contribution in [0.15, 0.2) is 76.5 Å². The van der Waals surface area contributed by atoms with E-state index in [-0.39, 0.29) is 18.8 Å². The van der Waals surface area contributed by atoms with Gasteiger partial charge in [0, 0.05) is 18.3 Å². The summed E-state index contributed by atoms with van der Waals surface area (Å²) in [6.07, 6.45) is 1.92. The predicted octanol–water partition coefficient (Wildman–Crippen LogP) is 4.56. The predicted molar refractivity (Wildman–Crippen MR) is 149 cm³/mol. The molecule has 36 heavy (non-hydrogen) atoms. The standard InChI is InChI=1S/C17H24BrN3O.C9H13NO.CO2/c1-6-16(18)17(19-13(4)10-22)21-14(5)20-15-8-7-11(2)12(3)9-15;1-10-7-8-11-9-5-3-2-4-6-9;2-1-3/h6-9,13,19,22H,1,10H2,2-5H3,(H,20,21);2-6,10H,7-8H2,1H3;/b17-16+;;. The monoisotopic (exact) mass is 560 g/mol. The highest BCUT2D eigenvalue weighted by Crippen LogP contribution is 2.16. The molecule has 0 aliphatic rings. The van der Waals surface area contributed by atoms with Gasteiger partial charge in [0.1, 0.15) is 24.0 Å². The molecule has 4 N–H and O–H groups in total. The quantitative estimate of drug-likeness (QED) is 0.146. The fraction of sp³-hybridized carbons (Fsp3) is 0.333. The van der Waals surface area contributed by atoms with Crippen LogP contribution in [-0.2, 0) is 9.59 Å². The molecule has 0 spiro atoms. The highest BCUT2D eigenvalue weighted by Gasteiger charge is 2.06. The molecule has 196 valence electrons. The van der Waals surface area contributed by atoms with Crippen LogP contribution in [0.4, 0.5) is 5.69 Å². The Morgan fingerprint density at radius 2 is 1.83 bits per heavy atom. The van der Waals surface area contributed by atoms with Crippen molar-refractivity contribution in [3.05, 3.63) is 82.6 Å². The largest absolute Gasteiger partial charge is 0.492 e. The number of aliphatic imine (C=N–C) groups is 1. The van der Waals surface area contributed by atoms with Crippen molar-refractivity contribution in [1.82, 2.24) is 10.6 Å². The molecule has 8 nitrogen and oxygen atoms in total. The number of ether oxygens (including phenoxy) is 1. The van der Waals surface area contributed by atoms with Gasteiger partial charge in [-0.15, -0.1) is 0 Å². The summed E-state index contributed by atoms with van der Waals surface area (Å²) >= 11 is 3.42. The molecule has 0 fully saturated rings. The van der Waals surface area contributed by atoms with Crippen LogP contribution in [0.5, 0.6) is 5.75 Å². The molecule has 0 aliphatic heterocycles. The van der Waals surface area contributed by atoms with Crippen molar-refractivity contribution in [2.24, 2.45) is 4.99 Å². The molecule has 9 heteroatoms. The number of amidine groups is 1. The number of nitrogens with one attached hydrogen (secondary N) is 3. The van der Waals surface area contributed by atoms with Crippen molar-refractivity contribution in [3.63, 3.8) is 0 Å². The van der Waals surface area contributed by atoms with Crippen LogP contribution >= 0.6 is 15.9 Å². The van der Waals surface area contributed by atoms with Crippen molar-refractivity contribution in [3.8, 4) is 5.75 Å². The second-order valence-corrected chi connectivity index (χ2v) is 8.45. The first-order valence-electron chi connectivity index (χ1n) is 11.3. The van der Waals surface area contributed by atoms with Crippen LogP contribution in [0.1, 0.15) is 25.0 Å². The van der Waals surface area contributed by atoms with Gasteiger partial charge in [-0.3, -0.25) is 0 Å². The molecule has 1 unspecified atom stereocenters. The number of allylic oxidation sites excluding steroid dienone is 2. The summed E-state index contributed by atoms with van der Waals surface area (Å²) in [5, 5.41) is 18.6. The number of halogens is 1. The average molecular weight is 562 g/mol.